The Bertz CT molecular complexity index is 557. The van der Waals surface area contributed by atoms with Crippen LogP contribution in [-0.2, 0) is 6.54 Å². The second-order valence-corrected chi connectivity index (χ2v) is 4.98. The maximum atomic E-state index is 12.1. The Labute approximate surface area is 103 Å². The highest BCUT2D eigenvalue weighted by Crippen LogP contribution is 2.33. The molecule has 2 heterocycles. The lowest BCUT2D eigenvalue weighted by atomic mass is 10.3. The molecule has 1 aliphatic rings. The molecule has 3 rings (SSSR count). The lowest BCUT2D eigenvalue weighted by Crippen LogP contribution is -2.23. The summed E-state index contributed by atoms with van der Waals surface area (Å²) in [6.45, 7) is 0.653. The molecule has 2 aromatic rings. The average molecular weight is 247 g/mol. The van der Waals surface area contributed by atoms with E-state index in [1.807, 2.05) is 11.4 Å². The minimum absolute atomic E-state index is 0.00905. The summed E-state index contributed by atoms with van der Waals surface area (Å²) >= 11 is 1.65. The van der Waals surface area contributed by atoms with E-state index < -0.39 is 0 Å². The summed E-state index contributed by atoms with van der Waals surface area (Å²) < 4.78 is 1.78. The van der Waals surface area contributed by atoms with Crippen LogP contribution in [0.15, 0.2) is 34.0 Å². The monoisotopic (exact) mass is 247 g/mol. The van der Waals surface area contributed by atoms with Crippen molar-refractivity contribution in [2.45, 2.75) is 25.4 Å². The Hall–Kier alpha value is -1.62. The fourth-order valence-electron chi connectivity index (χ4n) is 1.77. The summed E-state index contributed by atoms with van der Waals surface area (Å²) in [6, 6.07) is 2.44. The topological polar surface area (TPSA) is 46.9 Å². The highest BCUT2D eigenvalue weighted by Gasteiger charge is 2.25. The number of aromatic nitrogens is 2. The molecule has 1 N–H and O–H groups in total. The van der Waals surface area contributed by atoms with Crippen LogP contribution in [0, 0.1) is 0 Å². The molecule has 4 nitrogen and oxygen atoms in total. The quantitative estimate of drug-likeness (QED) is 0.901. The third-order valence-corrected chi connectivity index (χ3v) is 3.58. The zero-order valence-corrected chi connectivity index (χ0v) is 10.1. The molecule has 2 aromatic heterocycles. The molecule has 1 fully saturated rings. The molecule has 0 unspecified atom stereocenters. The first-order valence-electron chi connectivity index (χ1n) is 5.66. The van der Waals surface area contributed by atoms with E-state index in [1.54, 1.807) is 28.3 Å². The van der Waals surface area contributed by atoms with Crippen molar-refractivity contribution in [1.29, 1.82) is 0 Å². The van der Waals surface area contributed by atoms with Crippen molar-refractivity contribution in [2.75, 3.05) is 5.32 Å². The van der Waals surface area contributed by atoms with Crippen LogP contribution in [-0.4, -0.2) is 9.55 Å². The smallest absolute Gasteiger partial charge is 0.293 e. The van der Waals surface area contributed by atoms with Gasteiger partial charge in [-0.05, 0) is 35.2 Å². The van der Waals surface area contributed by atoms with Crippen molar-refractivity contribution in [2.24, 2.45) is 0 Å². The molecule has 1 saturated carbocycles. The first-order valence-corrected chi connectivity index (χ1v) is 6.61. The van der Waals surface area contributed by atoms with Gasteiger partial charge in [-0.2, -0.15) is 11.3 Å². The van der Waals surface area contributed by atoms with Crippen LogP contribution in [0.25, 0.3) is 0 Å². The molecule has 88 valence electrons. The molecule has 0 radical (unpaired) electrons. The van der Waals surface area contributed by atoms with Crippen LogP contribution in [0.3, 0.4) is 0 Å². The van der Waals surface area contributed by atoms with E-state index in [2.05, 4.69) is 15.7 Å². The number of rotatable bonds is 4. The first-order chi connectivity index (χ1) is 8.34. The van der Waals surface area contributed by atoms with Gasteiger partial charge in [0.15, 0.2) is 5.82 Å². The third-order valence-electron chi connectivity index (χ3n) is 2.85. The van der Waals surface area contributed by atoms with E-state index in [9.17, 15) is 4.79 Å². The predicted molar refractivity (Wildman–Crippen MR) is 68.4 cm³/mol. The largest absolute Gasteiger partial charge is 0.361 e. The van der Waals surface area contributed by atoms with Crippen LogP contribution < -0.4 is 10.9 Å². The standard InChI is InChI=1S/C12H13N3OS/c16-12-11(14-7-9-3-6-17-8-9)13-4-5-15(12)10-1-2-10/h3-6,8,10H,1-2,7H2,(H,13,14). The van der Waals surface area contributed by atoms with Gasteiger partial charge in [0.1, 0.15) is 0 Å². The maximum absolute atomic E-state index is 12.1. The molecular formula is C12H13N3OS. The van der Waals surface area contributed by atoms with Gasteiger partial charge < -0.3 is 9.88 Å². The average Bonchev–Trinajstić information content (AvgIpc) is 3.04. The Morgan fingerprint density at radius 1 is 1.53 bits per heavy atom. The van der Waals surface area contributed by atoms with E-state index in [4.69, 9.17) is 0 Å². The Kier molecular flexibility index (Phi) is 2.68. The zero-order chi connectivity index (χ0) is 11.7. The lowest BCUT2D eigenvalue weighted by Gasteiger charge is -2.07. The molecule has 0 atom stereocenters. The van der Waals surface area contributed by atoms with Crippen molar-refractivity contribution in [1.82, 2.24) is 9.55 Å². The number of hydrogen-bond acceptors (Lipinski definition) is 4. The molecule has 0 saturated heterocycles. The van der Waals surface area contributed by atoms with Gasteiger partial charge in [0.25, 0.3) is 5.56 Å². The summed E-state index contributed by atoms with van der Waals surface area (Å²) in [5.74, 6) is 0.450. The van der Waals surface area contributed by atoms with E-state index in [-0.39, 0.29) is 5.56 Å². The van der Waals surface area contributed by atoms with Gasteiger partial charge in [0.05, 0.1) is 0 Å². The predicted octanol–water partition coefficient (Wildman–Crippen LogP) is 2.25. The second-order valence-electron chi connectivity index (χ2n) is 4.20. The van der Waals surface area contributed by atoms with E-state index in [1.165, 1.54) is 5.56 Å². The molecule has 0 aromatic carbocycles. The molecule has 0 amide bonds. The number of thiophene rings is 1. The fourth-order valence-corrected chi connectivity index (χ4v) is 2.43. The minimum Gasteiger partial charge on any atom is -0.361 e. The summed E-state index contributed by atoms with van der Waals surface area (Å²) in [5, 5.41) is 7.19. The van der Waals surface area contributed by atoms with Crippen LogP contribution in [0.1, 0.15) is 24.4 Å². The highest BCUT2D eigenvalue weighted by molar-refractivity contribution is 7.07. The fraction of sp³-hybridized carbons (Fsp3) is 0.333. The van der Waals surface area contributed by atoms with Gasteiger partial charge in [-0.25, -0.2) is 4.98 Å². The zero-order valence-electron chi connectivity index (χ0n) is 9.30. The Balaban J connectivity index is 1.78. The van der Waals surface area contributed by atoms with Crippen molar-refractivity contribution in [3.05, 3.63) is 45.1 Å². The van der Waals surface area contributed by atoms with Crippen molar-refractivity contribution >= 4 is 17.2 Å². The Morgan fingerprint density at radius 2 is 2.41 bits per heavy atom. The molecule has 1 aliphatic carbocycles. The minimum atomic E-state index is -0.00905. The van der Waals surface area contributed by atoms with Crippen LogP contribution in [0.5, 0.6) is 0 Å². The number of anilines is 1. The molecule has 0 spiro atoms. The van der Waals surface area contributed by atoms with Gasteiger partial charge in [-0.1, -0.05) is 0 Å². The summed E-state index contributed by atoms with van der Waals surface area (Å²) in [5.41, 5.74) is 1.17. The van der Waals surface area contributed by atoms with Gasteiger partial charge in [-0.15, -0.1) is 0 Å². The first kappa shape index (κ1) is 10.5. The molecule has 0 aliphatic heterocycles. The second kappa shape index (κ2) is 4.33. The van der Waals surface area contributed by atoms with Crippen molar-refractivity contribution < 1.29 is 0 Å². The van der Waals surface area contributed by atoms with E-state index >= 15 is 0 Å². The van der Waals surface area contributed by atoms with Gasteiger partial charge in [-0.3, -0.25) is 4.79 Å². The maximum Gasteiger partial charge on any atom is 0.293 e. The summed E-state index contributed by atoms with van der Waals surface area (Å²) in [4.78, 5) is 16.2. The van der Waals surface area contributed by atoms with Crippen LogP contribution >= 0.6 is 11.3 Å². The number of hydrogen-bond donors (Lipinski definition) is 1. The van der Waals surface area contributed by atoms with Crippen molar-refractivity contribution in [3.63, 3.8) is 0 Å². The Morgan fingerprint density at radius 3 is 3.12 bits per heavy atom. The van der Waals surface area contributed by atoms with Crippen LogP contribution in [0.2, 0.25) is 0 Å². The van der Waals surface area contributed by atoms with Crippen LogP contribution in [0.4, 0.5) is 5.82 Å². The number of nitrogens with one attached hydrogen (secondary N) is 1. The van der Waals surface area contributed by atoms with Gasteiger partial charge >= 0.3 is 0 Å². The van der Waals surface area contributed by atoms with Crippen molar-refractivity contribution in [3.8, 4) is 0 Å². The van der Waals surface area contributed by atoms with Gasteiger partial charge in [0.2, 0.25) is 0 Å². The highest BCUT2D eigenvalue weighted by atomic mass is 32.1. The normalized spacial score (nSPS) is 14.8. The molecular weight excluding hydrogens is 234 g/mol. The summed E-state index contributed by atoms with van der Waals surface area (Å²) in [6.07, 6.45) is 5.67. The van der Waals surface area contributed by atoms with E-state index in [0.717, 1.165) is 12.8 Å². The third kappa shape index (κ3) is 2.24. The van der Waals surface area contributed by atoms with E-state index in [0.29, 0.717) is 18.4 Å². The summed E-state index contributed by atoms with van der Waals surface area (Å²) in [7, 11) is 0. The van der Waals surface area contributed by atoms with Gasteiger partial charge in [0, 0.05) is 25.0 Å². The SMILES string of the molecule is O=c1c(NCc2ccsc2)nccn1C1CC1. The number of nitrogens with zero attached hydrogens (tertiary/aromatic N) is 2. The molecule has 0 bridgehead atoms. The molecule has 5 heteroatoms. The molecule has 17 heavy (non-hydrogen) atoms. The lowest BCUT2D eigenvalue weighted by molar-refractivity contribution is 0.699.